The molecule has 0 N–H and O–H groups in total. The maximum absolute atomic E-state index is 2.39. The van der Waals surface area contributed by atoms with Crippen molar-refractivity contribution in [2.75, 3.05) is 0 Å². The van der Waals surface area contributed by atoms with Gasteiger partial charge in [-0.25, -0.2) is 0 Å². The van der Waals surface area contributed by atoms with E-state index in [9.17, 15) is 0 Å². The summed E-state index contributed by atoms with van der Waals surface area (Å²) in [6.45, 7) is 2.24. The first-order valence-electron chi connectivity index (χ1n) is 8.59. The van der Waals surface area contributed by atoms with Gasteiger partial charge in [0.25, 0.3) is 0 Å². The van der Waals surface area contributed by atoms with Gasteiger partial charge in [0.1, 0.15) is 0 Å². The van der Waals surface area contributed by atoms with Gasteiger partial charge in [-0.05, 0) is 24.1 Å². The van der Waals surface area contributed by atoms with Crippen molar-refractivity contribution in [1.82, 2.24) is 4.57 Å². The number of thiophene rings is 1. The maximum Gasteiger partial charge on any atom is 0.0670 e. The van der Waals surface area contributed by atoms with Crippen molar-refractivity contribution in [2.45, 2.75) is 19.8 Å². The van der Waals surface area contributed by atoms with Crippen molar-refractivity contribution >= 4 is 53.3 Å². The fourth-order valence-corrected chi connectivity index (χ4v) is 5.26. The van der Waals surface area contributed by atoms with Crippen LogP contribution in [0.5, 0.6) is 0 Å². The molecule has 5 rings (SSSR count). The number of hydrogen-bond donors (Lipinski definition) is 0. The zero-order chi connectivity index (χ0) is 16.3. The van der Waals surface area contributed by atoms with Gasteiger partial charge in [0.2, 0.25) is 0 Å². The lowest BCUT2D eigenvalue weighted by molar-refractivity contribution is 0.920. The summed E-state index contributed by atoms with van der Waals surface area (Å²) in [4.78, 5) is 0. The van der Waals surface area contributed by atoms with Crippen LogP contribution in [0.3, 0.4) is 0 Å². The first-order chi connectivity index (χ1) is 11.8. The van der Waals surface area contributed by atoms with Gasteiger partial charge in [0.05, 0.1) is 10.2 Å². The molecule has 1 nitrogen and oxygen atoms in total. The van der Waals surface area contributed by atoms with Crippen LogP contribution in [0.4, 0.5) is 0 Å². The lowest BCUT2D eigenvalue weighted by Gasteiger charge is -2.02. The Hall–Kier alpha value is -2.32. The van der Waals surface area contributed by atoms with Crippen molar-refractivity contribution in [1.29, 1.82) is 0 Å². The molecule has 0 unspecified atom stereocenters. The molecule has 118 valence electrons. The van der Waals surface area contributed by atoms with Crippen molar-refractivity contribution in [3.05, 3.63) is 60.2 Å². The van der Waals surface area contributed by atoms with Crippen LogP contribution in [-0.4, -0.2) is 4.57 Å². The van der Waals surface area contributed by atoms with Crippen LogP contribution in [0, 0.1) is 0 Å². The van der Waals surface area contributed by atoms with E-state index in [0.717, 1.165) is 6.42 Å². The number of benzene rings is 3. The number of aromatic nitrogens is 1. The van der Waals surface area contributed by atoms with Crippen LogP contribution in [0.25, 0.3) is 42.0 Å². The van der Waals surface area contributed by atoms with Crippen molar-refractivity contribution in [3.8, 4) is 0 Å². The zero-order valence-corrected chi connectivity index (χ0v) is 14.8. The van der Waals surface area contributed by atoms with Gasteiger partial charge in [-0.1, -0.05) is 55.8 Å². The molecule has 0 saturated carbocycles. The Bertz CT molecular complexity index is 1220. The Balaban J connectivity index is 1.96. The summed E-state index contributed by atoms with van der Waals surface area (Å²) in [5.74, 6) is 0. The van der Waals surface area contributed by atoms with E-state index >= 15 is 0 Å². The predicted molar refractivity (Wildman–Crippen MR) is 107 cm³/mol. The topological polar surface area (TPSA) is 4.93 Å². The second kappa shape index (κ2) is 5.09. The first kappa shape index (κ1) is 14.1. The third-order valence-electron chi connectivity index (χ3n) is 5.11. The van der Waals surface area contributed by atoms with Crippen molar-refractivity contribution < 1.29 is 0 Å². The summed E-state index contributed by atoms with van der Waals surface area (Å²) in [7, 11) is 2.21. The van der Waals surface area contributed by atoms with Crippen LogP contribution in [-0.2, 0) is 13.5 Å². The molecule has 0 atom stereocenters. The van der Waals surface area contributed by atoms with E-state index < -0.39 is 0 Å². The fraction of sp³-hybridized carbons (Fsp3) is 0.182. The summed E-state index contributed by atoms with van der Waals surface area (Å²) in [5.41, 5.74) is 4.15. The average Bonchev–Trinajstić information content (AvgIpc) is 3.11. The molecule has 0 bridgehead atoms. The van der Waals surface area contributed by atoms with Crippen molar-refractivity contribution in [2.24, 2.45) is 7.05 Å². The molecule has 0 radical (unpaired) electrons. The second-order valence-corrected chi connectivity index (χ2v) is 7.65. The molecule has 0 saturated heterocycles. The molecule has 5 aromatic rings. The van der Waals surface area contributed by atoms with Gasteiger partial charge in [-0.15, -0.1) is 11.3 Å². The third kappa shape index (κ3) is 1.81. The van der Waals surface area contributed by atoms with Crippen LogP contribution < -0.4 is 0 Å². The summed E-state index contributed by atoms with van der Waals surface area (Å²) in [6, 6.07) is 20.3. The third-order valence-corrected chi connectivity index (χ3v) is 6.30. The second-order valence-electron chi connectivity index (χ2n) is 6.60. The molecular weight excluding hydrogens is 310 g/mol. The Morgan fingerprint density at radius 3 is 2.54 bits per heavy atom. The molecule has 3 aromatic carbocycles. The molecule has 2 aromatic heterocycles. The van der Waals surface area contributed by atoms with Crippen LogP contribution in [0.1, 0.15) is 18.9 Å². The lowest BCUT2D eigenvalue weighted by atomic mass is 10.1. The lowest BCUT2D eigenvalue weighted by Crippen LogP contribution is -1.88. The largest absolute Gasteiger partial charge is 0.342 e. The van der Waals surface area contributed by atoms with Gasteiger partial charge >= 0.3 is 0 Å². The van der Waals surface area contributed by atoms with E-state index in [1.165, 1.54) is 54.0 Å². The standard InChI is InChI=1S/C22H19NS/c1-3-6-14-9-10-15-17-11-12-18-16-7-4-5-8-20(16)24-22(18)21(17)23(2)19(15)13-14/h4-5,7-13H,3,6H2,1-2H3. The normalized spacial score (nSPS) is 12.1. The highest BCUT2D eigenvalue weighted by Gasteiger charge is 2.14. The highest BCUT2D eigenvalue weighted by molar-refractivity contribution is 7.26. The SMILES string of the molecule is CCCc1ccc2c3ccc4c5ccccc5sc4c3n(C)c2c1. The molecule has 0 aliphatic heterocycles. The zero-order valence-electron chi connectivity index (χ0n) is 14.0. The van der Waals surface area contributed by atoms with Gasteiger partial charge in [-0.3, -0.25) is 0 Å². The minimum Gasteiger partial charge on any atom is -0.342 e. The van der Waals surface area contributed by atoms with Gasteiger partial charge in [0.15, 0.2) is 0 Å². The molecule has 2 heteroatoms. The predicted octanol–water partition coefficient (Wildman–Crippen LogP) is 6.65. The number of aryl methyl sites for hydroxylation is 2. The summed E-state index contributed by atoms with van der Waals surface area (Å²) < 4.78 is 5.17. The Morgan fingerprint density at radius 1 is 0.875 bits per heavy atom. The van der Waals surface area contributed by atoms with E-state index in [4.69, 9.17) is 0 Å². The monoisotopic (exact) mass is 329 g/mol. The van der Waals surface area contributed by atoms with Crippen molar-refractivity contribution in [3.63, 3.8) is 0 Å². The number of fused-ring (bicyclic) bond motifs is 7. The van der Waals surface area contributed by atoms with E-state index in [1.54, 1.807) is 0 Å². The smallest absolute Gasteiger partial charge is 0.0670 e. The number of nitrogens with zero attached hydrogens (tertiary/aromatic N) is 1. The van der Waals surface area contributed by atoms with Gasteiger partial charge < -0.3 is 4.57 Å². The maximum atomic E-state index is 2.39. The molecule has 2 heterocycles. The Labute approximate surface area is 145 Å². The van der Waals surface area contributed by atoms with E-state index in [2.05, 4.69) is 73.1 Å². The van der Waals surface area contributed by atoms with Crippen LogP contribution in [0.15, 0.2) is 54.6 Å². The minimum atomic E-state index is 1.15. The van der Waals surface area contributed by atoms with Crippen LogP contribution in [0.2, 0.25) is 0 Å². The molecular formula is C22H19NS. The Kier molecular flexibility index (Phi) is 2.98. The van der Waals surface area contributed by atoms with Gasteiger partial charge in [-0.2, -0.15) is 0 Å². The minimum absolute atomic E-state index is 1.15. The highest BCUT2D eigenvalue weighted by atomic mass is 32.1. The first-order valence-corrected chi connectivity index (χ1v) is 9.41. The molecule has 0 spiro atoms. The van der Waals surface area contributed by atoms with E-state index in [0.29, 0.717) is 0 Å². The summed E-state index contributed by atoms with van der Waals surface area (Å²) >= 11 is 1.91. The quantitative estimate of drug-likeness (QED) is 0.341. The number of hydrogen-bond acceptors (Lipinski definition) is 1. The molecule has 0 fully saturated rings. The van der Waals surface area contributed by atoms with Gasteiger partial charge in [0, 0.05) is 38.8 Å². The average molecular weight is 329 g/mol. The highest BCUT2D eigenvalue weighted by Crippen LogP contribution is 2.41. The van der Waals surface area contributed by atoms with E-state index in [-0.39, 0.29) is 0 Å². The Morgan fingerprint density at radius 2 is 1.67 bits per heavy atom. The molecule has 0 aliphatic rings. The molecule has 24 heavy (non-hydrogen) atoms. The fourth-order valence-electron chi connectivity index (χ4n) is 3.97. The molecule has 0 aliphatic carbocycles. The molecule has 0 amide bonds. The van der Waals surface area contributed by atoms with Crippen LogP contribution >= 0.6 is 11.3 Å². The number of rotatable bonds is 2. The summed E-state index contributed by atoms with van der Waals surface area (Å²) in [5, 5.41) is 5.49. The summed E-state index contributed by atoms with van der Waals surface area (Å²) in [6.07, 6.45) is 2.34. The van der Waals surface area contributed by atoms with E-state index in [1.807, 2.05) is 11.3 Å².